The van der Waals surface area contributed by atoms with Crippen molar-refractivity contribution >= 4 is 15.6 Å². The van der Waals surface area contributed by atoms with Crippen LogP contribution in [0.5, 0.6) is 17.2 Å². The van der Waals surface area contributed by atoms with E-state index < -0.39 is 21.1 Å². The van der Waals surface area contributed by atoms with Gasteiger partial charge >= 0.3 is 15.6 Å². The Morgan fingerprint density at radius 2 is 0.960 bits per heavy atom. The first kappa shape index (κ1) is 36.5. The van der Waals surface area contributed by atoms with Crippen LogP contribution in [-0.4, -0.2) is 24.7 Å². The van der Waals surface area contributed by atoms with Gasteiger partial charge in [-0.2, -0.15) is 4.31 Å². The molecule has 0 bridgehead atoms. The minimum atomic E-state index is -5.05. The fraction of sp³-hybridized carbons (Fsp3) is 0.0769. The maximum atomic E-state index is 10.1. The van der Waals surface area contributed by atoms with Crippen LogP contribution in [0, 0.1) is 0 Å². The molecule has 256 valence electrons. The number of hydrogen-bond acceptors (Lipinski definition) is 5. The van der Waals surface area contributed by atoms with Gasteiger partial charge in [0.05, 0.1) is 0 Å². The summed E-state index contributed by atoms with van der Waals surface area (Å²) in [5.74, 6) is 1.84. The molecule has 0 fully saturated rings. The van der Waals surface area contributed by atoms with E-state index in [1.807, 2.05) is 54.6 Å². The van der Waals surface area contributed by atoms with E-state index in [4.69, 9.17) is 24.3 Å². The quantitative estimate of drug-likeness (QED) is 0.0923. The molecule has 0 heterocycles. The molecule has 0 saturated heterocycles. The molecule has 0 unspecified atom stereocenters. The van der Waals surface area contributed by atoms with Gasteiger partial charge in [-0.25, -0.2) is 9.13 Å². The molecular formula is C39H36O9P2. The Kier molecular flexibility index (Phi) is 11.2. The number of para-hydroxylation sites is 1. The Morgan fingerprint density at radius 1 is 0.540 bits per heavy atom. The second kappa shape index (κ2) is 15.4. The predicted octanol–water partition coefficient (Wildman–Crippen LogP) is 9.70. The number of aromatic hydroxyl groups is 1. The Morgan fingerprint density at radius 3 is 1.40 bits per heavy atom. The highest BCUT2D eigenvalue weighted by Crippen LogP contribution is 2.54. The number of phenolic OH excluding ortho intramolecular Hbond substituents is 1. The van der Waals surface area contributed by atoms with Crippen molar-refractivity contribution in [1.82, 2.24) is 0 Å². The molecule has 0 atom stereocenters. The third-order valence-corrected chi connectivity index (χ3v) is 9.60. The SMILES string of the molecule is CC(C)(c1ccc(O)cc1)c1c(-c2ccccc2)cc(Oc2ccccc2)c(-c2ccccc2)c1-c1ccccc1.O=P(O)(O)OP(=O)(O)O. The van der Waals surface area contributed by atoms with E-state index in [-0.39, 0.29) is 5.75 Å². The summed E-state index contributed by atoms with van der Waals surface area (Å²) in [6, 6.07) is 51.4. The fourth-order valence-corrected chi connectivity index (χ4v) is 6.90. The second-order valence-electron chi connectivity index (χ2n) is 11.8. The topological polar surface area (TPSA) is 154 Å². The minimum Gasteiger partial charge on any atom is -0.508 e. The van der Waals surface area contributed by atoms with E-state index in [1.54, 1.807) is 12.1 Å². The van der Waals surface area contributed by atoms with Crippen LogP contribution in [0.3, 0.4) is 0 Å². The van der Waals surface area contributed by atoms with Crippen molar-refractivity contribution in [3.05, 3.63) is 163 Å². The molecule has 6 aromatic rings. The monoisotopic (exact) mass is 710 g/mol. The zero-order chi connectivity index (χ0) is 35.9. The van der Waals surface area contributed by atoms with Crippen molar-refractivity contribution < 1.29 is 42.9 Å². The normalized spacial score (nSPS) is 11.7. The summed E-state index contributed by atoms with van der Waals surface area (Å²) in [5.41, 5.74) is 8.46. The molecule has 0 aliphatic rings. The van der Waals surface area contributed by atoms with Gasteiger partial charge in [0.15, 0.2) is 0 Å². The smallest absolute Gasteiger partial charge is 0.478 e. The van der Waals surface area contributed by atoms with Gasteiger partial charge in [-0.15, -0.1) is 0 Å². The van der Waals surface area contributed by atoms with E-state index in [0.717, 1.165) is 50.4 Å². The summed E-state index contributed by atoms with van der Waals surface area (Å²) in [6.45, 7) is 4.53. The van der Waals surface area contributed by atoms with Crippen LogP contribution in [0.2, 0.25) is 0 Å². The first-order valence-electron chi connectivity index (χ1n) is 15.5. The van der Waals surface area contributed by atoms with Crippen LogP contribution in [-0.2, 0) is 18.9 Å². The molecule has 50 heavy (non-hydrogen) atoms. The number of rotatable bonds is 9. The number of ether oxygens (including phenoxy) is 1. The third kappa shape index (κ3) is 9.24. The van der Waals surface area contributed by atoms with Crippen LogP contribution in [0.1, 0.15) is 25.0 Å². The first-order valence-corrected chi connectivity index (χ1v) is 18.5. The number of phosphoric acid groups is 2. The molecular weight excluding hydrogens is 674 g/mol. The Labute approximate surface area is 290 Å². The number of phenols is 1. The van der Waals surface area contributed by atoms with Crippen molar-refractivity contribution in [3.63, 3.8) is 0 Å². The molecule has 0 aliphatic heterocycles. The van der Waals surface area contributed by atoms with Crippen LogP contribution in [0.15, 0.2) is 152 Å². The lowest BCUT2D eigenvalue weighted by atomic mass is 9.70. The van der Waals surface area contributed by atoms with E-state index >= 15 is 0 Å². The van der Waals surface area contributed by atoms with Gasteiger partial charge in [0.1, 0.15) is 17.2 Å². The van der Waals surface area contributed by atoms with Gasteiger partial charge in [0.2, 0.25) is 0 Å². The lowest BCUT2D eigenvalue weighted by Crippen LogP contribution is -2.22. The zero-order valence-electron chi connectivity index (χ0n) is 27.2. The zero-order valence-corrected chi connectivity index (χ0v) is 29.0. The molecule has 9 nitrogen and oxygen atoms in total. The summed E-state index contributed by atoms with van der Waals surface area (Å²) >= 11 is 0. The Hall–Kier alpha value is -4.82. The van der Waals surface area contributed by atoms with E-state index in [1.165, 1.54) is 5.56 Å². The van der Waals surface area contributed by atoms with E-state index in [2.05, 4.69) is 103 Å². The summed E-state index contributed by atoms with van der Waals surface area (Å²) in [4.78, 5) is 31.0. The highest BCUT2D eigenvalue weighted by molar-refractivity contribution is 7.60. The van der Waals surface area contributed by atoms with Gasteiger partial charge < -0.3 is 29.4 Å². The molecule has 5 N–H and O–H groups in total. The standard InChI is InChI=1S/C39H32O2.H4O7P2/c1-39(2,31-23-25-32(40)26-24-31)38-34(28-15-7-3-8-16-28)27-35(41-33-21-13-6-14-22-33)36(29-17-9-4-10-18-29)37(38)30-19-11-5-12-20-30;1-8(2,3)7-9(4,5)6/h3-27,40H,1-2H3;(H2,1,2,3)(H2,4,5,6). The van der Waals surface area contributed by atoms with Gasteiger partial charge in [-0.05, 0) is 69.3 Å². The number of benzene rings is 6. The highest BCUT2D eigenvalue weighted by Gasteiger charge is 2.33. The first-order chi connectivity index (χ1) is 23.7. The lowest BCUT2D eigenvalue weighted by Gasteiger charge is -2.34. The van der Waals surface area contributed by atoms with Crippen LogP contribution >= 0.6 is 15.6 Å². The van der Waals surface area contributed by atoms with Gasteiger partial charge in [-0.1, -0.05) is 135 Å². The molecule has 6 rings (SSSR count). The third-order valence-electron chi connectivity index (χ3n) is 7.90. The summed E-state index contributed by atoms with van der Waals surface area (Å²) in [5, 5.41) is 10.1. The molecule has 0 aliphatic carbocycles. The molecule has 11 heteroatoms. The maximum absolute atomic E-state index is 10.1. The molecule has 0 radical (unpaired) electrons. The highest BCUT2D eigenvalue weighted by atomic mass is 31.3. The molecule has 0 amide bonds. The minimum absolute atomic E-state index is 0.257. The molecule has 0 spiro atoms. The average molecular weight is 711 g/mol. The van der Waals surface area contributed by atoms with Crippen molar-refractivity contribution in [2.75, 3.05) is 0 Å². The average Bonchev–Trinajstić information content (AvgIpc) is 3.08. The van der Waals surface area contributed by atoms with Crippen molar-refractivity contribution in [2.45, 2.75) is 19.3 Å². The molecule has 6 aromatic carbocycles. The molecule has 0 saturated carbocycles. The van der Waals surface area contributed by atoms with Crippen molar-refractivity contribution in [2.24, 2.45) is 0 Å². The lowest BCUT2D eigenvalue weighted by molar-refractivity contribution is 0.225. The van der Waals surface area contributed by atoms with Crippen LogP contribution in [0.25, 0.3) is 33.4 Å². The van der Waals surface area contributed by atoms with Gasteiger partial charge in [-0.3, -0.25) is 0 Å². The largest absolute Gasteiger partial charge is 0.508 e. The van der Waals surface area contributed by atoms with Gasteiger partial charge in [0.25, 0.3) is 0 Å². The second-order valence-corrected chi connectivity index (χ2v) is 14.4. The van der Waals surface area contributed by atoms with Crippen molar-refractivity contribution in [1.29, 1.82) is 0 Å². The van der Waals surface area contributed by atoms with Crippen LogP contribution < -0.4 is 4.74 Å². The predicted molar refractivity (Wildman–Crippen MR) is 195 cm³/mol. The molecule has 0 aromatic heterocycles. The van der Waals surface area contributed by atoms with Crippen LogP contribution in [0.4, 0.5) is 0 Å². The van der Waals surface area contributed by atoms with E-state index in [0.29, 0.717) is 0 Å². The summed E-state index contributed by atoms with van der Waals surface area (Å²) in [7, 11) is -10.1. The number of hydrogen-bond donors (Lipinski definition) is 5. The fourth-order valence-electron chi connectivity index (χ4n) is 5.79. The summed E-state index contributed by atoms with van der Waals surface area (Å²) < 4.78 is 29.0. The van der Waals surface area contributed by atoms with E-state index in [9.17, 15) is 14.2 Å². The Bertz CT molecular complexity index is 2090. The van der Waals surface area contributed by atoms with Gasteiger partial charge in [0, 0.05) is 11.0 Å². The maximum Gasteiger partial charge on any atom is 0.478 e. The Balaban J connectivity index is 0.000000478. The van der Waals surface area contributed by atoms with Crippen molar-refractivity contribution in [3.8, 4) is 50.6 Å². The summed E-state index contributed by atoms with van der Waals surface area (Å²) in [6.07, 6.45) is 0.